The number of nitrogens with one attached hydrogen (secondary N) is 1. The van der Waals surface area contributed by atoms with Crippen LogP contribution in [0.2, 0.25) is 0 Å². The summed E-state index contributed by atoms with van der Waals surface area (Å²) in [5, 5.41) is 7.14. The quantitative estimate of drug-likeness (QED) is 0.797. The molecule has 0 atom stereocenters. The van der Waals surface area contributed by atoms with Crippen molar-refractivity contribution in [1.29, 1.82) is 0 Å². The molecule has 1 N–H and O–H groups in total. The van der Waals surface area contributed by atoms with Gasteiger partial charge in [0.25, 0.3) is 5.56 Å². The monoisotopic (exact) mass is 333 g/mol. The van der Waals surface area contributed by atoms with E-state index in [1.54, 1.807) is 6.07 Å². The average Bonchev–Trinajstić information content (AvgIpc) is 2.57. The summed E-state index contributed by atoms with van der Waals surface area (Å²) in [6.07, 6.45) is 0. The van der Waals surface area contributed by atoms with E-state index < -0.39 is 0 Å². The van der Waals surface area contributed by atoms with Gasteiger partial charge >= 0.3 is 0 Å². The second kappa shape index (κ2) is 7.13. The molecule has 5 heteroatoms. The predicted octanol–water partition coefficient (Wildman–Crippen LogP) is 3.17. The highest BCUT2D eigenvalue weighted by atomic mass is 16.2. The van der Waals surface area contributed by atoms with Crippen LogP contribution < -0.4 is 10.9 Å². The van der Waals surface area contributed by atoms with Gasteiger partial charge in [0.2, 0.25) is 5.91 Å². The summed E-state index contributed by atoms with van der Waals surface area (Å²) in [4.78, 5) is 24.3. The fourth-order valence-electron chi connectivity index (χ4n) is 2.63. The van der Waals surface area contributed by atoms with E-state index in [9.17, 15) is 9.59 Å². The molecule has 0 aliphatic carbocycles. The normalized spacial score (nSPS) is 10.5. The summed E-state index contributed by atoms with van der Waals surface area (Å²) in [5.41, 5.74) is 4.11. The number of nitrogens with zero attached hydrogens (tertiary/aromatic N) is 2. The molecule has 2 aromatic carbocycles. The summed E-state index contributed by atoms with van der Waals surface area (Å²) in [7, 11) is 0. The maximum atomic E-state index is 12.2. The summed E-state index contributed by atoms with van der Waals surface area (Å²) in [6.45, 7) is 3.80. The number of aryl methyl sites for hydroxylation is 2. The largest absolute Gasteiger partial charge is 0.324 e. The van der Waals surface area contributed by atoms with E-state index in [0.29, 0.717) is 11.4 Å². The van der Waals surface area contributed by atoms with Crippen molar-refractivity contribution in [2.45, 2.75) is 20.4 Å². The van der Waals surface area contributed by atoms with Crippen LogP contribution >= 0.6 is 0 Å². The van der Waals surface area contributed by atoms with Gasteiger partial charge in [0.1, 0.15) is 6.54 Å². The van der Waals surface area contributed by atoms with Gasteiger partial charge in [-0.3, -0.25) is 9.59 Å². The van der Waals surface area contributed by atoms with E-state index in [1.807, 2.05) is 62.4 Å². The third-order valence-electron chi connectivity index (χ3n) is 3.88. The molecular weight excluding hydrogens is 314 g/mol. The number of benzene rings is 2. The predicted molar refractivity (Wildman–Crippen MR) is 98.5 cm³/mol. The average molecular weight is 333 g/mol. The Labute approximate surface area is 145 Å². The van der Waals surface area contributed by atoms with Crippen molar-refractivity contribution in [3.05, 3.63) is 82.1 Å². The van der Waals surface area contributed by atoms with E-state index in [-0.39, 0.29) is 18.0 Å². The van der Waals surface area contributed by atoms with Crippen LogP contribution in [0.15, 0.2) is 65.5 Å². The molecule has 0 radical (unpaired) electrons. The Morgan fingerprint density at radius 1 is 1.04 bits per heavy atom. The minimum Gasteiger partial charge on any atom is -0.324 e. The minimum atomic E-state index is -0.309. The highest BCUT2D eigenvalue weighted by Gasteiger charge is 2.09. The van der Waals surface area contributed by atoms with Crippen LogP contribution in [0, 0.1) is 13.8 Å². The first-order valence-electron chi connectivity index (χ1n) is 8.03. The van der Waals surface area contributed by atoms with Crippen molar-refractivity contribution in [2.75, 3.05) is 5.32 Å². The maximum Gasteiger partial charge on any atom is 0.267 e. The number of hydrogen-bond donors (Lipinski definition) is 1. The third-order valence-corrected chi connectivity index (χ3v) is 3.88. The molecule has 0 unspecified atom stereocenters. The molecule has 0 spiro atoms. The van der Waals surface area contributed by atoms with Crippen LogP contribution in [-0.2, 0) is 11.3 Å². The van der Waals surface area contributed by atoms with Crippen LogP contribution in [-0.4, -0.2) is 15.7 Å². The first-order chi connectivity index (χ1) is 12.0. The lowest BCUT2D eigenvalue weighted by Crippen LogP contribution is -2.29. The number of rotatable bonds is 4. The fraction of sp³-hybridized carbons (Fsp3) is 0.150. The second-order valence-corrected chi connectivity index (χ2v) is 5.95. The van der Waals surface area contributed by atoms with Gasteiger partial charge in [0.15, 0.2) is 0 Å². The van der Waals surface area contributed by atoms with E-state index in [1.165, 1.54) is 10.7 Å². The molecule has 1 heterocycles. The molecular formula is C20H19N3O2. The Kier molecular flexibility index (Phi) is 4.75. The molecule has 0 saturated carbocycles. The van der Waals surface area contributed by atoms with Gasteiger partial charge in [-0.05, 0) is 43.2 Å². The lowest BCUT2D eigenvalue weighted by Gasteiger charge is -2.10. The highest BCUT2D eigenvalue weighted by Crippen LogP contribution is 2.19. The van der Waals surface area contributed by atoms with Crippen LogP contribution in [0.3, 0.4) is 0 Å². The molecule has 1 aromatic heterocycles. The number of carbonyl (C=O) groups is 1. The lowest BCUT2D eigenvalue weighted by molar-refractivity contribution is -0.117. The lowest BCUT2D eigenvalue weighted by atomic mass is 10.1. The zero-order valence-corrected chi connectivity index (χ0v) is 14.2. The molecule has 126 valence electrons. The van der Waals surface area contributed by atoms with Gasteiger partial charge in [0.05, 0.1) is 5.69 Å². The van der Waals surface area contributed by atoms with Crippen molar-refractivity contribution < 1.29 is 4.79 Å². The van der Waals surface area contributed by atoms with Crippen molar-refractivity contribution in [3.63, 3.8) is 0 Å². The van der Waals surface area contributed by atoms with Crippen molar-refractivity contribution >= 4 is 11.6 Å². The number of aromatic nitrogens is 2. The molecule has 0 bridgehead atoms. The molecule has 5 nitrogen and oxygen atoms in total. The number of anilines is 1. The number of hydrogen-bond acceptors (Lipinski definition) is 3. The highest BCUT2D eigenvalue weighted by molar-refractivity contribution is 5.90. The molecule has 0 aliphatic heterocycles. The van der Waals surface area contributed by atoms with Gasteiger partial charge < -0.3 is 5.32 Å². The van der Waals surface area contributed by atoms with E-state index in [2.05, 4.69) is 10.4 Å². The molecule has 0 aliphatic rings. The van der Waals surface area contributed by atoms with Crippen LogP contribution in [0.1, 0.15) is 11.1 Å². The second-order valence-electron chi connectivity index (χ2n) is 5.95. The Hall–Kier alpha value is -3.21. The Balaban J connectivity index is 1.83. The number of amides is 1. The third kappa shape index (κ3) is 4.01. The van der Waals surface area contributed by atoms with Crippen LogP contribution in [0.25, 0.3) is 11.3 Å². The SMILES string of the molecule is Cc1cccc(NC(=O)Cn2nc(-c3ccccc3C)ccc2=O)c1. The summed E-state index contributed by atoms with van der Waals surface area (Å²) < 4.78 is 1.19. The number of carbonyl (C=O) groups excluding carboxylic acids is 1. The zero-order valence-electron chi connectivity index (χ0n) is 14.2. The Morgan fingerprint density at radius 3 is 2.60 bits per heavy atom. The summed E-state index contributed by atoms with van der Waals surface area (Å²) in [5.74, 6) is -0.290. The fourth-order valence-corrected chi connectivity index (χ4v) is 2.63. The first kappa shape index (κ1) is 16.6. The molecule has 3 aromatic rings. The van der Waals surface area contributed by atoms with Crippen LogP contribution in [0.4, 0.5) is 5.69 Å². The van der Waals surface area contributed by atoms with Gasteiger partial charge in [-0.25, -0.2) is 4.68 Å². The molecule has 25 heavy (non-hydrogen) atoms. The molecule has 3 rings (SSSR count). The zero-order chi connectivity index (χ0) is 17.8. The van der Waals surface area contributed by atoms with Crippen LogP contribution in [0.5, 0.6) is 0 Å². The molecule has 1 amide bonds. The Morgan fingerprint density at radius 2 is 1.84 bits per heavy atom. The van der Waals surface area contributed by atoms with Crippen molar-refractivity contribution in [3.8, 4) is 11.3 Å². The minimum absolute atomic E-state index is 0.132. The summed E-state index contributed by atoms with van der Waals surface area (Å²) in [6, 6.07) is 18.4. The van der Waals surface area contributed by atoms with E-state index >= 15 is 0 Å². The maximum absolute atomic E-state index is 12.2. The standard InChI is InChI=1S/C20H19N3O2/c1-14-6-5-8-16(12-14)21-19(24)13-23-20(25)11-10-18(22-23)17-9-4-3-7-15(17)2/h3-12H,13H2,1-2H3,(H,21,24). The van der Waals surface area contributed by atoms with Crippen molar-refractivity contribution in [2.24, 2.45) is 0 Å². The van der Waals surface area contributed by atoms with Gasteiger partial charge in [-0.1, -0.05) is 36.4 Å². The van der Waals surface area contributed by atoms with Crippen molar-refractivity contribution in [1.82, 2.24) is 9.78 Å². The van der Waals surface area contributed by atoms with E-state index in [4.69, 9.17) is 0 Å². The molecule has 0 saturated heterocycles. The summed E-state index contributed by atoms with van der Waals surface area (Å²) >= 11 is 0. The van der Waals surface area contributed by atoms with Gasteiger partial charge in [-0.2, -0.15) is 5.10 Å². The van der Waals surface area contributed by atoms with E-state index in [0.717, 1.165) is 16.7 Å². The smallest absolute Gasteiger partial charge is 0.267 e. The van der Waals surface area contributed by atoms with Gasteiger partial charge in [0, 0.05) is 17.3 Å². The first-order valence-corrected chi connectivity index (χ1v) is 8.03. The van der Waals surface area contributed by atoms with Gasteiger partial charge in [-0.15, -0.1) is 0 Å². The Bertz CT molecular complexity index is 976. The topological polar surface area (TPSA) is 64.0 Å². The molecule has 0 fully saturated rings.